The highest BCUT2D eigenvalue weighted by atomic mass is 16.5. The summed E-state index contributed by atoms with van der Waals surface area (Å²) in [5, 5.41) is 15.0. The fraction of sp³-hybridized carbons (Fsp3) is 0.900. The van der Waals surface area contributed by atoms with E-state index < -0.39 is 5.54 Å². The van der Waals surface area contributed by atoms with E-state index in [0.29, 0.717) is 19.6 Å². The highest BCUT2D eigenvalue weighted by molar-refractivity contribution is 5.78. The predicted octanol–water partition coefficient (Wildman–Crippen LogP) is -0.748. The van der Waals surface area contributed by atoms with Gasteiger partial charge in [0, 0.05) is 12.0 Å². The van der Waals surface area contributed by atoms with Crippen molar-refractivity contribution in [2.45, 2.75) is 31.3 Å². The summed E-state index contributed by atoms with van der Waals surface area (Å²) in [7, 11) is 1.82. The second-order valence-electron chi connectivity index (χ2n) is 4.79. The predicted molar refractivity (Wildman–Crippen MR) is 56.5 cm³/mol. The van der Waals surface area contributed by atoms with Crippen LogP contribution in [-0.2, 0) is 9.53 Å². The minimum absolute atomic E-state index is 0.0632. The topological polar surface area (TPSA) is 70.6 Å². The molecule has 0 aromatic heterocycles. The van der Waals surface area contributed by atoms with Gasteiger partial charge in [0.15, 0.2) is 0 Å². The normalized spacial score (nSPS) is 19.5. The number of hydrogen-bond acceptors (Lipinski definition) is 4. The molecule has 0 spiro atoms. The van der Waals surface area contributed by atoms with Crippen LogP contribution in [0, 0.1) is 0 Å². The van der Waals surface area contributed by atoms with Gasteiger partial charge in [0.25, 0.3) is 0 Å². The molecule has 0 aromatic carbocycles. The third-order valence-corrected chi connectivity index (χ3v) is 2.74. The van der Waals surface area contributed by atoms with E-state index >= 15 is 0 Å². The summed E-state index contributed by atoms with van der Waals surface area (Å²) < 4.78 is 5.00. The summed E-state index contributed by atoms with van der Waals surface area (Å²) in [5.74, 6) is -0.0632. The van der Waals surface area contributed by atoms with Gasteiger partial charge >= 0.3 is 0 Å². The number of aliphatic hydroxyl groups is 1. The monoisotopic (exact) mass is 216 g/mol. The van der Waals surface area contributed by atoms with E-state index in [1.54, 1.807) is 0 Å². The number of carbonyl (C=O) groups excluding carboxylic acids is 1. The smallest absolute Gasteiger partial charge is 0.222 e. The van der Waals surface area contributed by atoms with Crippen LogP contribution in [0.1, 0.15) is 20.3 Å². The molecule has 5 nitrogen and oxygen atoms in total. The molecule has 0 aromatic rings. The molecule has 1 aliphatic heterocycles. The average Bonchev–Trinajstić information content (AvgIpc) is 2.11. The molecule has 88 valence electrons. The third-order valence-electron chi connectivity index (χ3n) is 2.74. The van der Waals surface area contributed by atoms with Crippen LogP contribution >= 0.6 is 0 Å². The molecule has 0 unspecified atom stereocenters. The number of nitrogens with one attached hydrogen (secondary N) is 2. The van der Waals surface area contributed by atoms with Gasteiger partial charge in [0.1, 0.15) is 5.54 Å². The minimum Gasteiger partial charge on any atom is -0.394 e. The van der Waals surface area contributed by atoms with Gasteiger partial charge in [-0.2, -0.15) is 0 Å². The maximum absolute atomic E-state index is 11.7. The van der Waals surface area contributed by atoms with E-state index in [0.717, 1.165) is 0 Å². The van der Waals surface area contributed by atoms with Gasteiger partial charge in [-0.1, -0.05) is 0 Å². The lowest BCUT2D eigenvalue weighted by Crippen LogP contribution is -2.65. The molecule has 5 heteroatoms. The lowest BCUT2D eigenvalue weighted by molar-refractivity contribution is -0.138. The quantitative estimate of drug-likeness (QED) is 0.565. The Morgan fingerprint density at radius 3 is 2.47 bits per heavy atom. The van der Waals surface area contributed by atoms with E-state index in [1.807, 2.05) is 20.9 Å². The Hall–Kier alpha value is -0.650. The van der Waals surface area contributed by atoms with E-state index in [2.05, 4.69) is 10.6 Å². The fourth-order valence-corrected chi connectivity index (χ4v) is 1.38. The van der Waals surface area contributed by atoms with Crippen molar-refractivity contribution in [2.24, 2.45) is 0 Å². The molecule has 0 atom stereocenters. The lowest BCUT2D eigenvalue weighted by Gasteiger charge is -2.41. The van der Waals surface area contributed by atoms with Crippen LogP contribution < -0.4 is 10.6 Å². The zero-order chi connectivity index (χ0) is 11.5. The van der Waals surface area contributed by atoms with Crippen molar-refractivity contribution in [1.29, 1.82) is 0 Å². The number of aliphatic hydroxyl groups excluding tert-OH is 1. The van der Waals surface area contributed by atoms with Gasteiger partial charge < -0.3 is 20.5 Å². The number of amides is 1. The van der Waals surface area contributed by atoms with E-state index in [-0.39, 0.29) is 18.1 Å². The summed E-state index contributed by atoms with van der Waals surface area (Å²) in [6, 6.07) is 0. The lowest BCUT2D eigenvalue weighted by atomic mass is 9.96. The number of hydrogen-bond donors (Lipinski definition) is 3. The summed E-state index contributed by atoms with van der Waals surface area (Å²) in [5.41, 5.74) is -0.772. The van der Waals surface area contributed by atoms with Crippen molar-refractivity contribution in [2.75, 3.05) is 26.9 Å². The largest absolute Gasteiger partial charge is 0.394 e. The maximum atomic E-state index is 11.7. The van der Waals surface area contributed by atoms with Gasteiger partial charge in [-0.05, 0) is 20.9 Å². The van der Waals surface area contributed by atoms with Crippen LogP contribution in [0.2, 0.25) is 0 Å². The van der Waals surface area contributed by atoms with Gasteiger partial charge in [0.2, 0.25) is 5.91 Å². The van der Waals surface area contributed by atoms with Crippen LogP contribution in [0.25, 0.3) is 0 Å². The number of carbonyl (C=O) groups is 1. The van der Waals surface area contributed by atoms with Crippen molar-refractivity contribution in [1.82, 2.24) is 10.6 Å². The van der Waals surface area contributed by atoms with Crippen molar-refractivity contribution in [3.05, 3.63) is 0 Å². The Labute approximate surface area is 90.2 Å². The molecule has 1 heterocycles. The molecule has 0 aliphatic carbocycles. The van der Waals surface area contributed by atoms with Gasteiger partial charge in [-0.3, -0.25) is 4.79 Å². The molecule has 3 N–H and O–H groups in total. The molecule has 1 aliphatic rings. The maximum Gasteiger partial charge on any atom is 0.222 e. The van der Waals surface area contributed by atoms with Crippen LogP contribution in [0.15, 0.2) is 0 Å². The van der Waals surface area contributed by atoms with Crippen molar-refractivity contribution in [3.8, 4) is 0 Å². The van der Waals surface area contributed by atoms with Gasteiger partial charge in [-0.15, -0.1) is 0 Å². The second kappa shape index (κ2) is 4.47. The highest BCUT2D eigenvalue weighted by Crippen LogP contribution is 2.17. The molecule has 15 heavy (non-hydrogen) atoms. The molecule has 0 saturated carbocycles. The van der Waals surface area contributed by atoms with Gasteiger partial charge in [0.05, 0.1) is 19.8 Å². The SMILES string of the molecule is CNC(C)(C)CC(=O)NC1(CO)COC1. The zero-order valence-electron chi connectivity index (χ0n) is 9.59. The first-order chi connectivity index (χ1) is 6.93. The highest BCUT2D eigenvalue weighted by Gasteiger charge is 2.40. The van der Waals surface area contributed by atoms with Crippen molar-refractivity contribution >= 4 is 5.91 Å². The van der Waals surface area contributed by atoms with Crippen LogP contribution in [-0.4, -0.2) is 49.0 Å². The van der Waals surface area contributed by atoms with E-state index in [9.17, 15) is 4.79 Å². The van der Waals surface area contributed by atoms with E-state index in [4.69, 9.17) is 9.84 Å². The molecule has 1 saturated heterocycles. The molecule has 0 radical (unpaired) electrons. The van der Waals surface area contributed by atoms with Crippen molar-refractivity contribution in [3.63, 3.8) is 0 Å². The summed E-state index contributed by atoms with van der Waals surface area (Å²) in [6.45, 7) is 4.63. The molecule has 1 rings (SSSR count). The molecule has 0 bridgehead atoms. The Bertz CT molecular complexity index is 231. The zero-order valence-corrected chi connectivity index (χ0v) is 9.59. The molecule has 1 amide bonds. The van der Waals surface area contributed by atoms with Crippen LogP contribution in [0.3, 0.4) is 0 Å². The minimum atomic E-state index is -0.541. The van der Waals surface area contributed by atoms with Gasteiger partial charge in [-0.25, -0.2) is 0 Å². The third kappa shape index (κ3) is 3.15. The molecular formula is C10H20N2O3. The Morgan fingerprint density at radius 2 is 2.13 bits per heavy atom. The van der Waals surface area contributed by atoms with Crippen LogP contribution in [0.5, 0.6) is 0 Å². The number of ether oxygens (including phenoxy) is 1. The first-order valence-corrected chi connectivity index (χ1v) is 5.12. The average molecular weight is 216 g/mol. The van der Waals surface area contributed by atoms with Crippen LogP contribution in [0.4, 0.5) is 0 Å². The summed E-state index contributed by atoms with van der Waals surface area (Å²) >= 11 is 0. The summed E-state index contributed by atoms with van der Waals surface area (Å²) in [4.78, 5) is 11.7. The fourth-order valence-electron chi connectivity index (χ4n) is 1.38. The standard InChI is InChI=1S/C10H20N2O3/c1-9(2,11-3)4-8(14)12-10(5-13)6-15-7-10/h11,13H,4-7H2,1-3H3,(H,12,14). The molecular weight excluding hydrogens is 196 g/mol. The molecule has 1 fully saturated rings. The Morgan fingerprint density at radius 1 is 1.53 bits per heavy atom. The number of rotatable bonds is 5. The van der Waals surface area contributed by atoms with Crippen molar-refractivity contribution < 1.29 is 14.6 Å². The second-order valence-corrected chi connectivity index (χ2v) is 4.79. The Balaban J connectivity index is 2.42. The first kappa shape index (κ1) is 12.4. The summed E-state index contributed by atoms with van der Waals surface area (Å²) in [6.07, 6.45) is 0.380. The van der Waals surface area contributed by atoms with E-state index in [1.165, 1.54) is 0 Å². The Kier molecular flexibility index (Phi) is 3.70. The first-order valence-electron chi connectivity index (χ1n) is 5.12.